The number of carbonyl (C=O) groups excluding carboxylic acids is 1. The number of carbonyl (C=O) groups is 1. The van der Waals surface area contributed by atoms with Gasteiger partial charge >= 0.3 is 0 Å². The van der Waals surface area contributed by atoms with Crippen molar-refractivity contribution in [3.05, 3.63) is 23.5 Å². The maximum atomic E-state index is 10.9. The second-order valence-corrected chi connectivity index (χ2v) is 3.18. The first-order chi connectivity index (χ1) is 5.95. The van der Waals surface area contributed by atoms with Crippen LogP contribution in [0.2, 0.25) is 0 Å². The molecule has 1 aliphatic rings. The van der Waals surface area contributed by atoms with Gasteiger partial charge in [0, 0.05) is 0 Å². The van der Waals surface area contributed by atoms with E-state index in [0.29, 0.717) is 6.42 Å². The summed E-state index contributed by atoms with van der Waals surface area (Å²) in [5.41, 5.74) is 6.16. The molecule has 0 saturated heterocycles. The normalized spacial score (nSPS) is 22.2. The van der Waals surface area contributed by atoms with E-state index in [1.165, 1.54) is 0 Å². The van der Waals surface area contributed by atoms with Crippen molar-refractivity contribution in [1.82, 2.24) is 0 Å². The Kier molecular flexibility index (Phi) is 2.23. The first kappa shape index (κ1) is 9.51. The van der Waals surface area contributed by atoms with Crippen LogP contribution in [0.25, 0.3) is 0 Å². The van der Waals surface area contributed by atoms with E-state index in [-0.39, 0.29) is 17.0 Å². The van der Waals surface area contributed by atoms with E-state index in [1.807, 2.05) is 0 Å². The quantitative estimate of drug-likeness (QED) is 0.551. The van der Waals surface area contributed by atoms with Crippen LogP contribution in [0.15, 0.2) is 23.5 Å². The predicted octanol–water partition coefficient (Wildman–Crippen LogP) is 0.900. The lowest BCUT2D eigenvalue weighted by Gasteiger charge is -2.07. The van der Waals surface area contributed by atoms with E-state index in [2.05, 4.69) is 6.58 Å². The topological polar surface area (TPSA) is 87.2 Å². The van der Waals surface area contributed by atoms with Crippen LogP contribution in [-0.2, 0) is 4.79 Å². The number of primary amides is 1. The lowest BCUT2D eigenvalue weighted by atomic mass is 10.0. The summed E-state index contributed by atoms with van der Waals surface area (Å²) < 4.78 is 0. The van der Waals surface area contributed by atoms with Crippen molar-refractivity contribution in [2.45, 2.75) is 13.3 Å². The van der Waals surface area contributed by atoms with Crippen molar-refractivity contribution >= 4 is 11.6 Å². The number of nitrogens with one attached hydrogen (secondary N) is 1. The van der Waals surface area contributed by atoms with Gasteiger partial charge in [0.1, 0.15) is 0 Å². The van der Waals surface area contributed by atoms with Crippen LogP contribution in [0.1, 0.15) is 13.3 Å². The minimum atomic E-state index is -0.605. The van der Waals surface area contributed by atoms with Gasteiger partial charge in [-0.2, -0.15) is 0 Å². The highest BCUT2D eigenvalue weighted by molar-refractivity contribution is 6.23. The molecule has 4 heteroatoms. The third kappa shape index (κ3) is 1.47. The van der Waals surface area contributed by atoms with E-state index in [4.69, 9.17) is 16.2 Å². The van der Waals surface area contributed by atoms with Crippen molar-refractivity contribution in [3.8, 4) is 0 Å². The highest BCUT2D eigenvalue weighted by Crippen LogP contribution is 2.31. The van der Waals surface area contributed by atoms with Gasteiger partial charge in [-0.1, -0.05) is 12.2 Å². The Morgan fingerprint density at radius 1 is 1.77 bits per heavy atom. The largest absolute Gasteiger partial charge is 0.512 e. The van der Waals surface area contributed by atoms with Gasteiger partial charge in [-0.3, -0.25) is 4.79 Å². The van der Waals surface area contributed by atoms with Gasteiger partial charge in [-0.25, -0.2) is 0 Å². The zero-order valence-electron chi connectivity index (χ0n) is 7.42. The molecule has 0 spiro atoms. The standard InChI is InChI=1S/C9H12N2O2/c1-4-3-6(5(2)12)8(10)7(4)9(11)13/h6,10,12H,2-3H2,1H3,(H2,11,13). The summed E-state index contributed by atoms with van der Waals surface area (Å²) in [7, 11) is 0. The number of amides is 1. The summed E-state index contributed by atoms with van der Waals surface area (Å²) in [6, 6.07) is 0. The van der Waals surface area contributed by atoms with E-state index in [0.717, 1.165) is 5.57 Å². The molecule has 1 amide bonds. The van der Waals surface area contributed by atoms with Crippen LogP contribution in [-0.4, -0.2) is 16.7 Å². The number of aliphatic hydroxyl groups is 1. The molecule has 0 aromatic carbocycles. The van der Waals surface area contributed by atoms with Gasteiger partial charge < -0.3 is 16.2 Å². The van der Waals surface area contributed by atoms with Crippen molar-refractivity contribution < 1.29 is 9.90 Å². The second-order valence-electron chi connectivity index (χ2n) is 3.18. The smallest absolute Gasteiger partial charge is 0.250 e. The van der Waals surface area contributed by atoms with Crippen LogP contribution >= 0.6 is 0 Å². The maximum absolute atomic E-state index is 10.9. The number of aliphatic hydroxyl groups excluding tert-OH is 1. The molecule has 4 N–H and O–H groups in total. The molecule has 0 heterocycles. The Bertz CT molecular complexity index is 329. The molecule has 0 aliphatic heterocycles. The fourth-order valence-electron chi connectivity index (χ4n) is 1.54. The van der Waals surface area contributed by atoms with Crippen LogP contribution in [0, 0.1) is 11.3 Å². The molecule has 0 radical (unpaired) electrons. The lowest BCUT2D eigenvalue weighted by molar-refractivity contribution is -0.114. The van der Waals surface area contributed by atoms with E-state index in [1.54, 1.807) is 6.92 Å². The molecule has 0 bridgehead atoms. The molecule has 70 valence electrons. The minimum Gasteiger partial charge on any atom is -0.512 e. The fourth-order valence-corrected chi connectivity index (χ4v) is 1.54. The highest BCUT2D eigenvalue weighted by atomic mass is 16.3. The van der Waals surface area contributed by atoms with Crippen molar-refractivity contribution in [2.75, 3.05) is 0 Å². The second kappa shape index (κ2) is 3.05. The first-order valence-electron chi connectivity index (χ1n) is 3.91. The van der Waals surface area contributed by atoms with E-state index in [9.17, 15) is 4.79 Å². The number of nitrogens with two attached hydrogens (primary N) is 1. The average Bonchev–Trinajstić information content (AvgIpc) is 2.26. The number of hydrogen-bond donors (Lipinski definition) is 3. The summed E-state index contributed by atoms with van der Waals surface area (Å²) in [6.07, 6.45) is 0.465. The van der Waals surface area contributed by atoms with Crippen molar-refractivity contribution in [1.29, 1.82) is 5.41 Å². The van der Waals surface area contributed by atoms with Crippen LogP contribution in [0.3, 0.4) is 0 Å². The molecule has 1 unspecified atom stereocenters. The van der Waals surface area contributed by atoms with Crippen molar-refractivity contribution in [2.24, 2.45) is 11.7 Å². The van der Waals surface area contributed by atoms with Crippen LogP contribution in [0.5, 0.6) is 0 Å². The number of rotatable bonds is 2. The summed E-state index contributed by atoms with van der Waals surface area (Å²) >= 11 is 0. The number of hydrogen-bond acceptors (Lipinski definition) is 3. The summed E-state index contributed by atoms with van der Waals surface area (Å²) in [6.45, 7) is 5.09. The maximum Gasteiger partial charge on any atom is 0.250 e. The minimum absolute atomic E-state index is 0.0810. The SMILES string of the molecule is C=C(O)C1CC(C)=C(C(N)=O)C1=N. The molecule has 1 atom stereocenters. The molecule has 13 heavy (non-hydrogen) atoms. The van der Waals surface area contributed by atoms with Gasteiger partial charge in [-0.15, -0.1) is 0 Å². The molecule has 0 aromatic heterocycles. The van der Waals surface area contributed by atoms with Crippen LogP contribution < -0.4 is 5.73 Å². The van der Waals surface area contributed by atoms with Crippen molar-refractivity contribution in [3.63, 3.8) is 0 Å². The third-order valence-electron chi connectivity index (χ3n) is 2.20. The molecule has 1 rings (SSSR count). The molecule has 4 nitrogen and oxygen atoms in total. The monoisotopic (exact) mass is 180 g/mol. The van der Waals surface area contributed by atoms with E-state index >= 15 is 0 Å². The summed E-state index contributed by atoms with van der Waals surface area (Å²) in [5, 5.41) is 16.7. The summed E-state index contributed by atoms with van der Waals surface area (Å²) in [5.74, 6) is -1.14. The number of allylic oxidation sites excluding steroid dienone is 2. The fraction of sp³-hybridized carbons (Fsp3) is 0.333. The molecule has 0 saturated carbocycles. The Balaban J connectivity index is 3.01. The molecule has 1 aliphatic carbocycles. The predicted molar refractivity (Wildman–Crippen MR) is 49.5 cm³/mol. The Hall–Kier alpha value is -1.58. The highest BCUT2D eigenvalue weighted by Gasteiger charge is 2.32. The molecular weight excluding hydrogens is 168 g/mol. The zero-order valence-corrected chi connectivity index (χ0v) is 7.42. The third-order valence-corrected chi connectivity index (χ3v) is 2.20. The zero-order chi connectivity index (χ0) is 10.2. The molecule has 0 aromatic rings. The summed E-state index contributed by atoms with van der Waals surface area (Å²) in [4.78, 5) is 10.9. The Morgan fingerprint density at radius 3 is 2.54 bits per heavy atom. The Morgan fingerprint density at radius 2 is 2.31 bits per heavy atom. The van der Waals surface area contributed by atoms with Gasteiger partial charge in [0.05, 0.1) is 23.0 Å². The van der Waals surface area contributed by atoms with E-state index < -0.39 is 11.8 Å². The van der Waals surface area contributed by atoms with Gasteiger partial charge in [0.15, 0.2) is 0 Å². The molecular formula is C9H12N2O2. The molecule has 0 fully saturated rings. The average molecular weight is 180 g/mol. The van der Waals surface area contributed by atoms with Gasteiger partial charge in [0.25, 0.3) is 0 Å². The van der Waals surface area contributed by atoms with Gasteiger partial charge in [-0.05, 0) is 13.3 Å². The van der Waals surface area contributed by atoms with Crippen LogP contribution in [0.4, 0.5) is 0 Å². The first-order valence-corrected chi connectivity index (χ1v) is 3.91. The Labute approximate surface area is 76.3 Å². The lowest BCUT2D eigenvalue weighted by Crippen LogP contribution is -2.22. The van der Waals surface area contributed by atoms with Gasteiger partial charge in [0.2, 0.25) is 5.91 Å².